The Morgan fingerprint density at radius 1 is 1.60 bits per heavy atom. The van der Waals surface area contributed by atoms with E-state index < -0.39 is 0 Å². The summed E-state index contributed by atoms with van der Waals surface area (Å²) >= 11 is 0. The number of hydrogen-bond donors (Lipinski definition) is 1. The third kappa shape index (κ3) is 5.28. The molecule has 15 heavy (non-hydrogen) atoms. The van der Waals surface area contributed by atoms with E-state index in [9.17, 15) is 4.79 Å². The van der Waals surface area contributed by atoms with Gasteiger partial charge in [-0.15, -0.1) is 5.73 Å². The van der Waals surface area contributed by atoms with Crippen LogP contribution in [0.3, 0.4) is 0 Å². The molecule has 3 nitrogen and oxygen atoms in total. The first-order valence-electron chi connectivity index (χ1n) is 5.67. The Morgan fingerprint density at radius 3 is 3.20 bits per heavy atom. The lowest BCUT2D eigenvalue weighted by atomic mass is 10.2. The zero-order valence-corrected chi connectivity index (χ0v) is 9.29. The Labute approximate surface area is 91.2 Å². The van der Waals surface area contributed by atoms with Crippen molar-refractivity contribution >= 4 is 6.09 Å². The number of nitrogens with one attached hydrogen (secondary N) is 1. The molecule has 0 aromatic carbocycles. The van der Waals surface area contributed by atoms with Crippen LogP contribution in [0.4, 0.5) is 4.79 Å². The molecule has 1 heterocycles. The lowest BCUT2D eigenvalue weighted by molar-refractivity contribution is 0.121. The van der Waals surface area contributed by atoms with Crippen LogP contribution >= 0.6 is 0 Å². The second-order valence-electron chi connectivity index (χ2n) is 3.71. The lowest BCUT2D eigenvalue weighted by Gasteiger charge is -2.19. The molecular formula is C12H19NO2. The van der Waals surface area contributed by atoms with Crippen LogP contribution in [0.15, 0.2) is 17.9 Å². The minimum atomic E-state index is -0.324. The van der Waals surface area contributed by atoms with E-state index in [2.05, 4.69) is 18.0 Å². The fourth-order valence-electron chi connectivity index (χ4n) is 1.43. The molecule has 1 unspecified atom stereocenters. The predicted octanol–water partition coefficient (Wildman–Crippen LogP) is 2.78. The van der Waals surface area contributed by atoms with E-state index in [1.807, 2.05) is 12.2 Å². The number of carbonyl (C=O) groups excluding carboxylic acids is 1. The number of carbonyl (C=O) groups is 1. The molecule has 0 aromatic rings. The highest BCUT2D eigenvalue weighted by atomic mass is 16.5. The number of rotatable bonds is 5. The van der Waals surface area contributed by atoms with E-state index in [1.54, 1.807) is 0 Å². The first-order valence-corrected chi connectivity index (χ1v) is 5.67. The molecule has 1 N–H and O–H groups in total. The molecule has 0 aromatic heterocycles. The molecule has 84 valence electrons. The van der Waals surface area contributed by atoms with Gasteiger partial charge < -0.3 is 10.1 Å². The van der Waals surface area contributed by atoms with E-state index >= 15 is 0 Å². The molecule has 0 radical (unpaired) electrons. The normalized spacial score (nSPS) is 19.8. The summed E-state index contributed by atoms with van der Waals surface area (Å²) < 4.78 is 4.76. The number of alkyl carbamates (subject to hydrolysis) is 1. The minimum absolute atomic E-state index is 0.0914. The zero-order chi connectivity index (χ0) is 10.9. The molecule has 3 heteroatoms. The first-order chi connectivity index (χ1) is 7.33. The third-order valence-corrected chi connectivity index (χ3v) is 2.33. The van der Waals surface area contributed by atoms with Crippen molar-refractivity contribution in [3.8, 4) is 0 Å². The fraction of sp³-hybridized carbons (Fsp3) is 0.667. The smallest absolute Gasteiger partial charge is 0.407 e. The Morgan fingerprint density at radius 2 is 2.47 bits per heavy atom. The summed E-state index contributed by atoms with van der Waals surface area (Å²) in [5.41, 5.74) is 3.11. The van der Waals surface area contributed by atoms with Gasteiger partial charge in [0.05, 0.1) is 12.6 Å². The maximum absolute atomic E-state index is 10.9. The van der Waals surface area contributed by atoms with Crippen molar-refractivity contribution in [2.75, 3.05) is 6.61 Å². The second kappa shape index (κ2) is 7.13. The first kappa shape index (κ1) is 11.9. The minimum Gasteiger partial charge on any atom is -0.449 e. The van der Waals surface area contributed by atoms with Gasteiger partial charge >= 0.3 is 6.09 Å². The molecule has 1 amide bonds. The van der Waals surface area contributed by atoms with Crippen molar-refractivity contribution < 1.29 is 9.53 Å². The molecule has 1 atom stereocenters. The fourth-order valence-corrected chi connectivity index (χ4v) is 1.43. The Balaban J connectivity index is 2.20. The van der Waals surface area contributed by atoms with Crippen molar-refractivity contribution in [2.24, 2.45) is 0 Å². The summed E-state index contributed by atoms with van der Waals surface area (Å²) in [6, 6.07) is 0.0914. The third-order valence-electron chi connectivity index (χ3n) is 2.33. The van der Waals surface area contributed by atoms with Gasteiger partial charge in [-0.3, -0.25) is 0 Å². The van der Waals surface area contributed by atoms with Crippen LogP contribution in [0.25, 0.3) is 0 Å². The summed E-state index contributed by atoms with van der Waals surface area (Å²) in [5, 5.41) is 2.72. The van der Waals surface area contributed by atoms with E-state index in [0.717, 1.165) is 12.8 Å². The van der Waals surface area contributed by atoms with Crippen LogP contribution < -0.4 is 5.32 Å². The van der Waals surface area contributed by atoms with Crippen LogP contribution in [0, 0.1) is 0 Å². The highest BCUT2D eigenvalue weighted by molar-refractivity contribution is 5.68. The van der Waals surface area contributed by atoms with E-state index in [1.165, 1.54) is 19.3 Å². The van der Waals surface area contributed by atoms with Gasteiger partial charge in [0.2, 0.25) is 0 Å². The van der Waals surface area contributed by atoms with Gasteiger partial charge in [0, 0.05) is 6.42 Å². The Hall–Kier alpha value is -1.21. The lowest BCUT2D eigenvalue weighted by Crippen LogP contribution is -2.39. The number of hydrogen-bond acceptors (Lipinski definition) is 2. The summed E-state index contributed by atoms with van der Waals surface area (Å²) in [6.07, 6.45) is 9.26. The molecule has 1 aliphatic rings. The number of cyclic esters (lactones) is 1. The van der Waals surface area contributed by atoms with Crippen LogP contribution in [-0.4, -0.2) is 18.7 Å². The summed E-state index contributed by atoms with van der Waals surface area (Å²) in [5.74, 6) is 0. The summed E-state index contributed by atoms with van der Waals surface area (Å²) in [7, 11) is 0. The number of ether oxygens (including phenoxy) is 1. The largest absolute Gasteiger partial charge is 0.449 e. The van der Waals surface area contributed by atoms with E-state index in [4.69, 9.17) is 4.74 Å². The monoisotopic (exact) mass is 209 g/mol. The highest BCUT2D eigenvalue weighted by Gasteiger charge is 2.15. The predicted molar refractivity (Wildman–Crippen MR) is 59.7 cm³/mol. The SMILES string of the molecule is CCCCCC=C=CC1CCOC(=O)N1. The average Bonchev–Trinajstić information content (AvgIpc) is 2.23. The van der Waals surface area contributed by atoms with Crippen molar-refractivity contribution in [3.63, 3.8) is 0 Å². The number of amides is 1. The molecule has 0 saturated carbocycles. The second-order valence-corrected chi connectivity index (χ2v) is 3.71. The van der Waals surface area contributed by atoms with Gasteiger partial charge in [0.25, 0.3) is 0 Å². The zero-order valence-electron chi connectivity index (χ0n) is 9.29. The van der Waals surface area contributed by atoms with Gasteiger partial charge in [-0.25, -0.2) is 4.79 Å². The van der Waals surface area contributed by atoms with Crippen molar-refractivity contribution in [1.29, 1.82) is 0 Å². The maximum atomic E-state index is 10.9. The standard InChI is InChI=1S/C12H19NO2/c1-2-3-4-5-6-7-8-11-9-10-15-12(14)13-11/h6,8,11H,2-5,9-10H2,1H3,(H,13,14). The molecule has 0 spiro atoms. The maximum Gasteiger partial charge on any atom is 0.407 e. The average molecular weight is 209 g/mol. The Bertz CT molecular complexity index is 254. The molecule has 1 rings (SSSR count). The van der Waals surface area contributed by atoms with Gasteiger partial charge in [0.1, 0.15) is 0 Å². The van der Waals surface area contributed by atoms with Crippen LogP contribution in [0.2, 0.25) is 0 Å². The van der Waals surface area contributed by atoms with Gasteiger partial charge in [-0.05, 0) is 25.0 Å². The Kier molecular flexibility index (Phi) is 5.64. The van der Waals surface area contributed by atoms with Gasteiger partial charge in [-0.2, -0.15) is 0 Å². The summed E-state index contributed by atoms with van der Waals surface area (Å²) in [6.45, 7) is 2.70. The molecule has 0 bridgehead atoms. The van der Waals surface area contributed by atoms with Crippen LogP contribution in [0.5, 0.6) is 0 Å². The molecule has 0 aliphatic carbocycles. The van der Waals surface area contributed by atoms with Gasteiger partial charge in [-0.1, -0.05) is 19.8 Å². The van der Waals surface area contributed by atoms with Crippen molar-refractivity contribution in [3.05, 3.63) is 17.9 Å². The quantitative estimate of drug-likeness (QED) is 0.558. The molecule has 1 saturated heterocycles. The van der Waals surface area contributed by atoms with E-state index in [-0.39, 0.29) is 12.1 Å². The highest BCUT2D eigenvalue weighted by Crippen LogP contribution is 2.02. The topological polar surface area (TPSA) is 38.3 Å². The summed E-state index contributed by atoms with van der Waals surface area (Å²) in [4.78, 5) is 10.9. The van der Waals surface area contributed by atoms with Crippen LogP contribution in [-0.2, 0) is 4.74 Å². The molecular weight excluding hydrogens is 190 g/mol. The number of unbranched alkanes of at least 4 members (excludes halogenated alkanes) is 3. The van der Waals surface area contributed by atoms with Crippen molar-refractivity contribution in [2.45, 2.75) is 45.1 Å². The van der Waals surface area contributed by atoms with Crippen molar-refractivity contribution in [1.82, 2.24) is 5.32 Å². The van der Waals surface area contributed by atoms with E-state index in [0.29, 0.717) is 6.61 Å². The molecule has 1 aliphatic heterocycles. The van der Waals surface area contributed by atoms with Crippen LogP contribution in [0.1, 0.15) is 39.0 Å². The molecule has 1 fully saturated rings. The van der Waals surface area contributed by atoms with Gasteiger partial charge in [0.15, 0.2) is 0 Å².